The molecule has 0 radical (unpaired) electrons. The highest BCUT2D eigenvalue weighted by Crippen LogP contribution is 2.39. The Balaban J connectivity index is 1.88. The van der Waals surface area contributed by atoms with E-state index in [0.717, 1.165) is 15.2 Å². The van der Waals surface area contributed by atoms with Gasteiger partial charge in [-0.15, -0.1) is 11.3 Å². The third-order valence-corrected chi connectivity index (χ3v) is 6.12. The van der Waals surface area contributed by atoms with Gasteiger partial charge in [0.25, 0.3) is 0 Å². The summed E-state index contributed by atoms with van der Waals surface area (Å²) in [6.07, 6.45) is 3.64. The van der Waals surface area contributed by atoms with Gasteiger partial charge in [-0.2, -0.15) is 0 Å². The van der Waals surface area contributed by atoms with E-state index in [9.17, 15) is 0 Å². The Morgan fingerprint density at radius 1 is 1.37 bits per heavy atom. The van der Waals surface area contributed by atoms with Crippen LogP contribution in [0.15, 0.2) is 28.7 Å². The number of fused-ring (bicyclic) bond motifs is 1. The van der Waals surface area contributed by atoms with Crippen LogP contribution in [0, 0.1) is 2.88 Å². The monoisotopic (exact) mass is 467 g/mol. The molecule has 0 saturated heterocycles. The van der Waals surface area contributed by atoms with Gasteiger partial charge in [-0.1, -0.05) is 27.5 Å². The molecule has 2 aromatic rings. The van der Waals surface area contributed by atoms with Gasteiger partial charge in [-0.3, -0.25) is 0 Å². The number of aryl methyl sites for hydroxylation is 1. The molecule has 100 valence electrons. The fourth-order valence-corrected chi connectivity index (χ4v) is 5.31. The smallest absolute Gasteiger partial charge is 0.0660 e. The summed E-state index contributed by atoms with van der Waals surface area (Å²) in [4.78, 5) is 1.53. The first-order valence-electron chi connectivity index (χ1n) is 6.13. The van der Waals surface area contributed by atoms with Crippen LogP contribution in [-0.4, -0.2) is 0 Å². The average molecular weight is 469 g/mol. The largest absolute Gasteiger partial charge is 0.377 e. The average Bonchev–Trinajstić information content (AvgIpc) is 2.74. The van der Waals surface area contributed by atoms with Gasteiger partial charge in [0.1, 0.15) is 0 Å². The van der Waals surface area contributed by atoms with Crippen LogP contribution < -0.4 is 5.32 Å². The summed E-state index contributed by atoms with van der Waals surface area (Å²) in [5.74, 6) is 0. The SMILES string of the molecule is Clc1cc(Br)ccc1NC1CCCc2sc(I)cc21. The summed E-state index contributed by atoms with van der Waals surface area (Å²) in [6.45, 7) is 0. The molecule has 0 spiro atoms. The van der Waals surface area contributed by atoms with Crippen molar-refractivity contribution >= 4 is 67.1 Å². The van der Waals surface area contributed by atoms with Crippen molar-refractivity contribution in [1.29, 1.82) is 0 Å². The van der Waals surface area contributed by atoms with Gasteiger partial charge in [0.2, 0.25) is 0 Å². The number of benzene rings is 1. The molecule has 1 aliphatic carbocycles. The number of anilines is 1. The number of hydrogen-bond donors (Lipinski definition) is 1. The molecule has 0 bridgehead atoms. The fourth-order valence-electron chi connectivity index (χ4n) is 2.47. The number of rotatable bonds is 2. The van der Waals surface area contributed by atoms with E-state index in [-0.39, 0.29) is 0 Å². The molecule has 0 fully saturated rings. The molecule has 19 heavy (non-hydrogen) atoms. The first-order valence-corrected chi connectivity index (χ1v) is 9.20. The molecular weight excluding hydrogens is 456 g/mol. The van der Waals surface area contributed by atoms with Crippen molar-refractivity contribution < 1.29 is 0 Å². The Labute approximate surface area is 144 Å². The Kier molecular flexibility index (Phi) is 4.41. The molecule has 1 heterocycles. The number of hydrogen-bond acceptors (Lipinski definition) is 2. The Hall–Kier alpha value is 0.220. The summed E-state index contributed by atoms with van der Waals surface area (Å²) in [7, 11) is 0. The molecule has 1 aliphatic rings. The molecule has 1 atom stereocenters. The molecule has 0 saturated carbocycles. The third kappa shape index (κ3) is 3.12. The maximum atomic E-state index is 6.29. The van der Waals surface area contributed by atoms with Crippen LogP contribution in [0.5, 0.6) is 0 Å². The lowest BCUT2D eigenvalue weighted by atomic mass is 9.94. The van der Waals surface area contributed by atoms with Gasteiger partial charge >= 0.3 is 0 Å². The summed E-state index contributed by atoms with van der Waals surface area (Å²) in [5, 5.41) is 4.37. The van der Waals surface area contributed by atoms with Crippen molar-refractivity contribution in [2.24, 2.45) is 0 Å². The lowest BCUT2D eigenvalue weighted by Gasteiger charge is -2.25. The van der Waals surface area contributed by atoms with Crippen LogP contribution in [0.2, 0.25) is 5.02 Å². The molecule has 1 unspecified atom stereocenters. The van der Waals surface area contributed by atoms with Crippen LogP contribution in [0.4, 0.5) is 5.69 Å². The van der Waals surface area contributed by atoms with Gasteiger partial charge in [0, 0.05) is 9.35 Å². The maximum Gasteiger partial charge on any atom is 0.0660 e. The minimum Gasteiger partial charge on any atom is -0.377 e. The molecule has 1 nitrogen and oxygen atoms in total. The van der Waals surface area contributed by atoms with Gasteiger partial charge < -0.3 is 5.32 Å². The highest BCUT2D eigenvalue weighted by Gasteiger charge is 2.23. The van der Waals surface area contributed by atoms with Gasteiger partial charge in [-0.25, -0.2) is 0 Å². The molecule has 0 aliphatic heterocycles. The molecule has 1 aromatic carbocycles. The zero-order chi connectivity index (χ0) is 13.4. The van der Waals surface area contributed by atoms with E-state index in [2.05, 4.69) is 49.9 Å². The van der Waals surface area contributed by atoms with Crippen molar-refractivity contribution in [2.75, 3.05) is 5.32 Å². The van der Waals surface area contributed by atoms with Crippen molar-refractivity contribution in [3.05, 3.63) is 47.1 Å². The summed E-state index contributed by atoms with van der Waals surface area (Å²) in [5.41, 5.74) is 2.48. The Morgan fingerprint density at radius 3 is 3.00 bits per heavy atom. The minimum atomic E-state index is 0.391. The topological polar surface area (TPSA) is 12.0 Å². The molecule has 3 rings (SSSR count). The minimum absolute atomic E-state index is 0.391. The third-order valence-electron chi connectivity index (χ3n) is 3.34. The van der Waals surface area contributed by atoms with E-state index >= 15 is 0 Å². The van der Waals surface area contributed by atoms with Crippen molar-refractivity contribution in [3.63, 3.8) is 0 Å². The van der Waals surface area contributed by atoms with Crippen LogP contribution >= 0.6 is 61.5 Å². The quantitative estimate of drug-likeness (QED) is 0.513. The van der Waals surface area contributed by atoms with Crippen LogP contribution in [0.3, 0.4) is 0 Å². The summed E-state index contributed by atoms with van der Waals surface area (Å²) >= 11 is 14.1. The molecular formula is C14H12BrClINS. The molecule has 1 N–H and O–H groups in total. The second-order valence-electron chi connectivity index (χ2n) is 4.64. The Morgan fingerprint density at radius 2 is 2.21 bits per heavy atom. The van der Waals surface area contributed by atoms with E-state index in [0.29, 0.717) is 6.04 Å². The predicted molar refractivity (Wildman–Crippen MR) is 95.5 cm³/mol. The Bertz CT molecular complexity index is 613. The summed E-state index contributed by atoms with van der Waals surface area (Å²) in [6, 6.07) is 8.70. The first-order chi connectivity index (χ1) is 9.13. The van der Waals surface area contributed by atoms with E-state index in [1.807, 2.05) is 29.5 Å². The normalized spacial score (nSPS) is 18.2. The van der Waals surface area contributed by atoms with E-state index in [4.69, 9.17) is 11.6 Å². The molecule has 0 amide bonds. The first kappa shape index (κ1) is 14.2. The zero-order valence-electron chi connectivity index (χ0n) is 10.1. The summed E-state index contributed by atoms with van der Waals surface area (Å²) < 4.78 is 2.38. The lowest BCUT2D eigenvalue weighted by Crippen LogP contribution is -2.15. The zero-order valence-corrected chi connectivity index (χ0v) is 15.4. The number of thiophene rings is 1. The lowest BCUT2D eigenvalue weighted by molar-refractivity contribution is 0.609. The predicted octanol–water partition coefficient (Wildman–Crippen LogP) is 6.26. The number of nitrogens with one attached hydrogen (secondary N) is 1. The van der Waals surface area contributed by atoms with Crippen molar-refractivity contribution in [3.8, 4) is 0 Å². The molecule has 1 aromatic heterocycles. The highest BCUT2D eigenvalue weighted by atomic mass is 127. The van der Waals surface area contributed by atoms with Gasteiger partial charge in [0.15, 0.2) is 0 Å². The van der Waals surface area contributed by atoms with Crippen molar-refractivity contribution in [2.45, 2.75) is 25.3 Å². The number of halogens is 3. The molecule has 5 heteroatoms. The second-order valence-corrected chi connectivity index (χ2v) is 9.00. The van der Waals surface area contributed by atoms with E-state index < -0.39 is 0 Å². The standard InChI is InChI=1S/C14H12BrClINS/c15-8-4-5-12(10(16)6-8)18-11-2-1-3-13-9(11)7-14(17)19-13/h4-7,11,18H,1-3H2. The maximum absolute atomic E-state index is 6.29. The van der Waals surface area contributed by atoms with Crippen LogP contribution in [0.25, 0.3) is 0 Å². The van der Waals surface area contributed by atoms with Crippen LogP contribution in [-0.2, 0) is 6.42 Å². The van der Waals surface area contributed by atoms with Crippen molar-refractivity contribution in [1.82, 2.24) is 0 Å². The second kappa shape index (κ2) is 5.92. The van der Waals surface area contributed by atoms with Gasteiger partial charge in [-0.05, 0) is 71.7 Å². The van der Waals surface area contributed by atoms with Gasteiger partial charge in [0.05, 0.1) is 19.6 Å². The highest BCUT2D eigenvalue weighted by molar-refractivity contribution is 14.1. The fraction of sp³-hybridized carbons (Fsp3) is 0.286. The van der Waals surface area contributed by atoms with Crippen LogP contribution in [0.1, 0.15) is 29.3 Å². The van der Waals surface area contributed by atoms with E-state index in [1.54, 1.807) is 0 Å². The van der Waals surface area contributed by atoms with E-state index in [1.165, 1.54) is 32.6 Å².